The van der Waals surface area contributed by atoms with Gasteiger partial charge in [-0.2, -0.15) is 0 Å². The fraction of sp³-hybridized carbons (Fsp3) is 0.294. The van der Waals surface area contributed by atoms with Crippen molar-refractivity contribution in [3.63, 3.8) is 0 Å². The molecule has 0 atom stereocenters. The van der Waals surface area contributed by atoms with Crippen molar-refractivity contribution in [2.24, 2.45) is 0 Å². The molecule has 112 valence electrons. The minimum atomic E-state index is 0.811. The van der Waals surface area contributed by atoms with Gasteiger partial charge in [0.05, 0.1) is 7.11 Å². The van der Waals surface area contributed by atoms with E-state index in [0.29, 0.717) is 0 Å². The first-order chi connectivity index (χ1) is 10.1. The van der Waals surface area contributed by atoms with Crippen LogP contribution in [-0.2, 0) is 13.1 Å². The molecule has 0 unspecified atom stereocenters. The standard InChI is InChI=1S/C17H21BrN2O/c1-3-20(11-13-5-4-6-15(19)9-13)12-14-10-16(21-2)7-8-17(14)18/h4-10H,3,11-12,19H2,1-2H3. The molecule has 2 N–H and O–H groups in total. The number of methoxy groups -OCH3 is 1. The van der Waals surface area contributed by atoms with E-state index in [2.05, 4.69) is 39.9 Å². The summed E-state index contributed by atoms with van der Waals surface area (Å²) in [6.07, 6.45) is 0. The second-order valence-electron chi connectivity index (χ2n) is 5.01. The van der Waals surface area contributed by atoms with Gasteiger partial charge in [0.2, 0.25) is 0 Å². The predicted molar refractivity (Wildman–Crippen MR) is 91.3 cm³/mol. The number of halogens is 1. The van der Waals surface area contributed by atoms with Gasteiger partial charge in [0, 0.05) is 23.2 Å². The summed E-state index contributed by atoms with van der Waals surface area (Å²) >= 11 is 3.61. The van der Waals surface area contributed by atoms with E-state index in [1.807, 2.05) is 30.3 Å². The molecule has 0 aromatic heterocycles. The summed E-state index contributed by atoms with van der Waals surface area (Å²) < 4.78 is 6.41. The maximum absolute atomic E-state index is 5.85. The minimum Gasteiger partial charge on any atom is -0.497 e. The Morgan fingerprint density at radius 3 is 2.62 bits per heavy atom. The number of nitrogens with two attached hydrogens (primary N) is 1. The van der Waals surface area contributed by atoms with Gasteiger partial charge in [-0.3, -0.25) is 4.90 Å². The van der Waals surface area contributed by atoms with E-state index >= 15 is 0 Å². The van der Waals surface area contributed by atoms with Crippen LogP contribution in [0.25, 0.3) is 0 Å². The van der Waals surface area contributed by atoms with E-state index < -0.39 is 0 Å². The molecular weight excluding hydrogens is 328 g/mol. The molecule has 0 bridgehead atoms. The summed E-state index contributed by atoms with van der Waals surface area (Å²) in [6, 6.07) is 14.1. The highest BCUT2D eigenvalue weighted by Crippen LogP contribution is 2.24. The molecule has 0 aliphatic carbocycles. The topological polar surface area (TPSA) is 38.5 Å². The first-order valence-corrected chi connectivity index (χ1v) is 7.81. The molecular formula is C17H21BrN2O. The van der Waals surface area contributed by atoms with Gasteiger partial charge in [0.1, 0.15) is 5.75 Å². The lowest BCUT2D eigenvalue weighted by Gasteiger charge is -2.21. The molecule has 0 radical (unpaired) electrons. The summed E-state index contributed by atoms with van der Waals surface area (Å²) in [4.78, 5) is 2.37. The molecule has 2 aromatic rings. The number of anilines is 1. The van der Waals surface area contributed by atoms with Crippen molar-refractivity contribution in [2.75, 3.05) is 19.4 Å². The van der Waals surface area contributed by atoms with Gasteiger partial charge in [-0.25, -0.2) is 0 Å². The van der Waals surface area contributed by atoms with Gasteiger partial charge in [-0.05, 0) is 48.0 Å². The molecule has 2 rings (SSSR count). The van der Waals surface area contributed by atoms with Crippen LogP contribution in [0.4, 0.5) is 5.69 Å². The lowest BCUT2D eigenvalue weighted by atomic mass is 10.1. The summed E-state index contributed by atoms with van der Waals surface area (Å²) in [5.74, 6) is 0.883. The average molecular weight is 349 g/mol. The quantitative estimate of drug-likeness (QED) is 0.800. The largest absolute Gasteiger partial charge is 0.497 e. The van der Waals surface area contributed by atoms with Gasteiger partial charge in [-0.15, -0.1) is 0 Å². The van der Waals surface area contributed by atoms with Crippen LogP contribution < -0.4 is 10.5 Å². The van der Waals surface area contributed by atoms with E-state index in [1.165, 1.54) is 11.1 Å². The molecule has 0 amide bonds. The molecule has 0 heterocycles. The first-order valence-electron chi connectivity index (χ1n) is 7.01. The Bertz CT molecular complexity index is 601. The van der Waals surface area contributed by atoms with Crippen molar-refractivity contribution in [1.29, 1.82) is 0 Å². The van der Waals surface area contributed by atoms with E-state index in [4.69, 9.17) is 10.5 Å². The predicted octanol–water partition coefficient (Wildman–Crippen LogP) is 4.06. The van der Waals surface area contributed by atoms with Crippen molar-refractivity contribution in [1.82, 2.24) is 4.90 Å². The van der Waals surface area contributed by atoms with Crippen molar-refractivity contribution in [2.45, 2.75) is 20.0 Å². The highest BCUT2D eigenvalue weighted by Gasteiger charge is 2.09. The highest BCUT2D eigenvalue weighted by molar-refractivity contribution is 9.10. The van der Waals surface area contributed by atoms with Crippen LogP contribution in [0.1, 0.15) is 18.1 Å². The Balaban J connectivity index is 2.12. The number of benzene rings is 2. The third kappa shape index (κ3) is 4.48. The zero-order valence-corrected chi connectivity index (χ0v) is 14.1. The van der Waals surface area contributed by atoms with Gasteiger partial charge >= 0.3 is 0 Å². The second-order valence-corrected chi connectivity index (χ2v) is 5.86. The Morgan fingerprint density at radius 1 is 1.14 bits per heavy atom. The number of hydrogen-bond donors (Lipinski definition) is 1. The Hall–Kier alpha value is -1.52. The van der Waals surface area contributed by atoms with E-state index in [-0.39, 0.29) is 0 Å². The number of nitrogen functional groups attached to an aromatic ring is 1. The van der Waals surface area contributed by atoms with Crippen molar-refractivity contribution >= 4 is 21.6 Å². The molecule has 0 fully saturated rings. The van der Waals surface area contributed by atoms with Crippen molar-refractivity contribution in [3.8, 4) is 5.75 Å². The van der Waals surface area contributed by atoms with Crippen LogP contribution in [0, 0.1) is 0 Å². The second kappa shape index (κ2) is 7.48. The third-order valence-electron chi connectivity index (χ3n) is 3.45. The maximum atomic E-state index is 5.85. The number of hydrogen-bond acceptors (Lipinski definition) is 3. The van der Waals surface area contributed by atoms with Gasteiger partial charge in [0.25, 0.3) is 0 Å². The highest BCUT2D eigenvalue weighted by atomic mass is 79.9. The zero-order chi connectivity index (χ0) is 15.2. The molecule has 0 aliphatic heterocycles. The summed E-state index contributed by atoms with van der Waals surface area (Å²) in [5, 5.41) is 0. The molecule has 0 saturated carbocycles. The normalized spacial score (nSPS) is 10.9. The number of rotatable bonds is 6. The smallest absolute Gasteiger partial charge is 0.119 e. The Morgan fingerprint density at radius 2 is 1.95 bits per heavy atom. The minimum absolute atomic E-state index is 0.811. The van der Waals surface area contributed by atoms with Crippen LogP contribution >= 0.6 is 15.9 Å². The molecule has 0 saturated heterocycles. The summed E-state index contributed by atoms with van der Waals surface area (Å²) in [6.45, 7) is 4.88. The third-order valence-corrected chi connectivity index (χ3v) is 4.22. The molecule has 0 spiro atoms. The molecule has 21 heavy (non-hydrogen) atoms. The van der Waals surface area contributed by atoms with Crippen LogP contribution in [0.2, 0.25) is 0 Å². The lowest BCUT2D eigenvalue weighted by molar-refractivity contribution is 0.270. The Labute approximate surface area is 134 Å². The fourth-order valence-electron chi connectivity index (χ4n) is 2.27. The lowest BCUT2D eigenvalue weighted by Crippen LogP contribution is -2.22. The number of nitrogens with zero attached hydrogens (tertiary/aromatic N) is 1. The fourth-order valence-corrected chi connectivity index (χ4v) is 2.64. The summed E-state index contributed by atoms with van der Waals surface area (Å²) in [5.41, 5.74) is 9.11. The van der Waals surface area contributed by atoms with E-state index in [9.17, 15) is 0 Å². The maximum Gasteiger partial charge on any atom is 0.119 e. The van der Waals surface area contributed by atoms with Gasteiger partial charge in [0.15, 0.2) is 0 Å². The number of ether oxygens (including phenoxy) is 1. The van der Waals surface area contributed by atoms with Gasteiger partial charge in [-0.1, -0.05) is 35.0 Å². The monoisotopic (exact) mass is 348 g/mol. The Kier molecular flexibility index (Phi) is 5.65. The van der Waals surface area contributed by atoms with Crippen LogP contribution in [0.5, 0.6) is 5.75 Å². The first kappa shape index (κ1) is 15.9. The van der Waals surface area contributed by atoms with E-state index in [0.717, 1.165) is 35.5 Å². The molecule has 3 nitrogen and oxygen atoms in total. The molecule has 0 aliphatic rings. The zero-order valence-electron chi connectivity index (χ0n) is 12.5. The van der Waals surface area contributed by atoms with Gasteiger partial charge < -0.3 is 10.5 Å². The van der Waals surface area contributed by atoms with E-state index in [1.54, 1.807) is 7.11 Å². The summed E-state index contributed by atoms with van der Waals surface area (Å²) in [7, 11) is 1.69. The van der Waals surface area contributed by atoms with Crippen LogP contribution in [0.15, 0.2) is 46.9 Å². The molecule has 2 aromatic carbocycles. The van der Waals surface area contributed by atoms with Crippen molar-refractivity contribution < 1.29 is 4.74 Å². The van der Waals surface area contributed by atoms with Crippen LogP contribution in [0.3, 0.4) is 0 Å². The van der Waals surface area contributed by atoms with Crippen molar-refractivity contribution in [3.05, 3.63) is 58.1 Å². The average Bonchev–Trinajstić information content (AvgIpc) is 2.48. The molecule has 4 heteroatoms. The van der Waals surface area contributed by atoms with Crippen LogP contribution in [-0.4, -0.2) is 18.6 Å². The SMILES string of the molecule is CCN(Cc1cccc(N)c1)Cc1cc(OC)ccc1Br.